The normalized spacial score (nSPS) is 23.7. The van der Waals surface area contributed by atoms with Crippen molar-refractivity contribution in [3.05, 3.63) is 71.8 Å². The van der Waals surface area contributed by atoms with E-state index >= 15 is 0 Å². The van der Waals surface area contributed by atoms with E-state index in [1.165, 1.54) is 4.90 Å². The molecule has 0 spiro atoms. The second-order valence-electron chi connectivity index (χ2n) is 9.19. The number of Topliss-reactive ketones (excluding diaryl/α,β-unsaturated/α-hetero) is 1. The molecule has 5 rings (SSSR count). The predicted octanol–water partition coefficient (Wildman–Crippen LogP) is 3.87. The summed E-state index contributed by atoms with van der Waals surface area (Å²) in [4.78, 5) is 48.3. The number of hydrogen-bond acceptors (Lipinski definition) is 6. The third-order valence-electron chi connectivity index (χ3n) is 6.94. The van der Waals surface area contributed by atoms with E-state index in [0.717, 1.165) is 24.0 Å². The van der Waals surface area contributed by atoms with Crippen LogP contribution in [0.4, 0.5) is 4.79 Å². The van der Waals surface area contributed by atoms with Crippen LogP contribution in [0, 0.1) is 0 Å². The molecule has 35 heavy (non-hydrogen) atoms. The molecule has 2 saturated heterocycles. The average Bonchev–Trinajstić information content (AvgIpc) is 3.68. The van der Waals surface area contributed by atoms with E-state index in [1.54, 1.807) is 4.90 Å². The molecule has 0 aromatic heterocycles. The molecule has 3 aliphatic rings. The Hall–Kier alpha value is -3.68. The van der Waals surface area contributed by atoms with Crippen molar-refractivity contribution < 1.29 is 24.0 Å². The predicted molar refractivity (Wildman–Crippen MR) is 128 cm³/mol. The van der Waals surface area contributed by atoms with Crippen molar-refractivity contribution in [3.8, 4) is 0 Å². The highest BCUT2D eigenvalue weighted by molar-refractivity contribution is 6.42. The van der Waals surface area contributed by atoms with Crippen LogP contribution in [0.15, 0.2) is 65.8 Å². The van der Waals surface area contributed by atoms with Gasteiger partial charge in [-0.25, -0.2) is 4.79 Å². The van der Waals surface area contributed by atoms with Crippen LogP contribution in [0.1, 0.15) is 49.3 Å². The van der Waals surface area contributed by atoms with E-state index < -0.39 is 18.2 Å². The quantitative estimate of drug-likeness (QED) is 0.633. The van der Waals surface area contributed by atoms with Crippen molar-refractivity contribution in [2.24, 2.45) is 5.16 Å². The lowest BCUT2D eigenvalue weighted by Crippen LogP contribution is -2.51. The Morgan fingerprint density at radius 1 is 0.886 bits per heavy atom. The molecule has 0 N–H and O–H groups in total. The number of ketones is 1. The highest BCUT2D eigenvalue weighted by Crippen LogP contribution is 2.31. The van der Waals surface area contributed by atoms with Crippen molar-refractivity contribution in [2.45, 2.75) is 56.9 Å². The summed E-state index contributed by atoms with van der Waals surface area (Å²) in [5.74, 6) is -0.348. The molecule has 0 bridgehead atoms. The van der Waals surface area contributed by atoms with Crippen LogP contribution in [0.3, 0.4) is 0 Å². The van der Waals surface area contributed by atoms with Gasteiger partial charge in [-0.2, -0.15) is 0 Å². The van der Waals surface area contributed by atoms with Crippen LogP contribution >= 0.6 is 0 Å². The van der Waals surface area contributed by atoms with Crippen LogP contribution in [-0.2, 0) is 25.8 Å². The number of carbonyl (C=O) groups excluding carboxylic acids is 3. The Kier molecular flexibility index (Phi) is 6.79. The molecule has 2 fully saturated rings. The summed E-state index contributed by atoms with van der Waals surface area (Å²) in [6.45, 7) is 1.12. The third-order valence-corrected chi connectivity index (χ3v) is 6.94. The molecule has 3 atom stereocenters. The molecule has 0 saturated carbocycles. The number of benzene rings is 2. The fourth-order valence-electron chi connectivity index (χ4n) is 5.10. The van der Waals surface area contributed by atoms with Gasteiger partial charge in [0, 0.05) is 19.5 Å². The first-order valence-corrected chi connectivity index (χ1v) is 12.2. The highest BCUT2D eigenvalue weighted by atomic mass is 16.6. The van der Waals surface area contributed by atoms with E-state index in [-0.39, 0.29) is 24.4 Å². The Morgan fingerprint density at radius 3 is 2.29 bits per heavy atom. The maximum Gasteiger partial charge on any atom is 0.410 e. The Morgan fingerprint density at radius 2 is 1.54 bits per heavy atom. The molecule has 0 unspecified atom stereocenters. The number of rotatable bonds is 6. The number of oxime groups is 1. The van der Waals surface area contributed by atoms with Gasteiger partial charge < -0.3 is 14.5 Å². The van der Waals surface area contributed by atoms with Gasteiger partial charge in [-0.3, -0.25) is 14.5 Å². The monoisotopic (exact) mass is 475 g/mol. The minimum absolute atomic E-state index is 0.157. The summed E-state index contributed by atoms with van der Waals surface area (Å²) in [7, 11) is 0. The lowest BCUT2D eigenvalue weighted by molar-refractivity contribution is -0.139. The Bertz CT molecular complexity index is 1100. The second kappa shape index (κ2) is 10.3. The highest BCUT2D eigenvalue weighted by Gasteiger charge is 2.44. The van der Waals surface area contributed by atoms with E-state index in [4.69, 9.17) is 9.57 Å². The molecule has 2 amide bonds. The number of likely N-dealkylation sites (tertiary alicyclic amines) is 2. The van der Waals surface area contributed by atoms with Gasteiger partial charge in [-0.1, -0.05) is 65.8 Å². The van der Waals surface area contributed by atoms with Crippen LogP contribution < -0.4 is 0 Å². The molecule has 8 nitrogen and oxygen atoms in total. The summed E-state index contributed by atoms with van der Waals surface area (Å²) in [6.07, 6.45) is 2.23. The summed E-state index contributed by atoms with van der Waals surface area (Å²) in [6, 6.07) is 18.0. The molecule has 2 aromatic rings. The molecule has 2 aromatic carbocycles. The van der Waals surface area contributed by atoms with Gasteiger partial charge in [0.25, 0.3) is 0 Å². The average molecular weight is 476 g/mol. The minimum Gasteiger partial charge on any atom is -0.445 e. The molecule has 182 valence electrons. The third kappa shape index (κ3) is 4.92. The summed E-state index contributed by atoms with van der Waals surface area (Å²) < 4.78 is 5.48. The van der Waals surface area contributed by atoms with Crippen molar-refractivity contribution in [1.82, 2.24) is 9.80 Å². The van der Waals surface area contributed by atoms with Crippen molar-refractivity contribution in [2.75, 3.05) is 13.1 Å². The van der Waals surface area contributed by atoms with Crippen LogP contribution in [0.25, 0.3) is 0 Å². The van der Waals surface area contributed by atoms with Gasteiger partial charge in [0.15, 0.2) is 6.10 Å². The fraction of sp³-hybridized carbons (Fsp3) is 0.407. The summed E-state index contributed by atoms with van der Waals surface area (Å²) in [5, 5.41) is 4.07. The minimum atomic E-state index is -0.606. The first-order chi connectivity index (χ1) is 17.1. The molecular formula is C27H29N3O5. The first kappa shape index (κ1) is 23.1. The Labute approximate surface area is 204 Å². The van der Waals surface area contributed by atoms with E-state index in [1.807, 2.05) is 60.7 Å². The first-order valence-electron chi connectivity index (χ1n) is 12.2. The van der Waals surface area contributed by atoms with Crippen molar-refractivity contribution in [3.63, 3.8) is 0 Å². The van der Waals surface area contributed by atoms with Gasteiger partial charge >= 0.3 is 6.09 Å². The number of amides is 2. The van der Waals surface area contributed by atoms with Gasteiger partial charge in [-0.05, 0) is 36.8 Å². The smallest absolute Gasteiger partial charge is 0.410 e. The number of hydrogen-bond donors (Lipinski definition) is 0. The Balaban J connectivity index is 1.21. The van der Waals surface area contributed by atoms with Gasteiger partial charge in [0.1, 0.15) is 18.4 Å². The van der Waals surface area contributed by atoms with E-state index in [2.05, 4.69) is 5.16 Å². The van der Waals surface area contributed by atoms with Gasteiger partial charge in [-0.15, -0.1) is 0 Å². The lowest BCUT2D eigenvalue weighted by Gasteiger charge is -2.30. The van der Waals surface area contributed by atoms with E-state index in [9.17, 15) is 14.4 Å². The number of nitrogens with zero attached hydrogens (tertiary/aromatic N) is 3. The van der Waals surface area contributed by atoms with Crippen LogP contribution in [0.5, 0.6) is 0 Å². The largest absolute Gasteiger partial charge is 0.445 e. The topological polar surface area (TPSA) is 88.5 Å². The maximum absolute atomic E-state index is 13.5. The summed E-state index contributed by atoms with van der Waals surface area (Å²) in [5.41, 5.74) is 2.23. The number of carbonyl (C=O) groups is 3. The molecule has 0 aliphatic carbocycles. The second-order valence-corrected chi connectivity index (χ2v) is 9.19. The molecule has 3 aliphatic heterocycles. The van der Waals surface area contributed by atoms with E-state index in [0.29, 0.717) is 38.1 Å². The van der Waals surface area contributed by atoms with Crippen LogP contribution in [0.2, 0.25) is 0 Å². The summed E-state index contributed by atoms with van der Waals surface area (Å²) >= 11 is 0. The zero-order valence-corrected chi connectivity index (χ0v) is 19.5. The molecular weight excluding hydrogens is 446 g/mol. The lowest BCUT2D eigenvalue weighted by atomic mass is 9.98. The fourth-order valence-corrected chi connectivity index (χ4v) is 5.10. The van der Waals surface area contributed by atoms with Crippen molar-refractivity contribution >= 4 is 23.5 Å². The SMILES string of the molecule is O=C(C1=NO[C@H](c2ccccc2)C1)[C@@H]1CCCN1C(=O)[C@@H]1CCCN1C(=O)OCc1ccccc1. The molecule has 0 radical (unpaired) electrons. The molecule has 8 heteroatoms. The van der Waals surface area contributed by atoms with Crippen molar-refractivity contribution in [1.29, 1.82) is 0 Å². The van der Waals surface area contributed by atoms with Gasteiger partial charge in [0.05, 0.1) is 6.04 Å². The standard InChI is InChI=1S/C27H29N3O5/c31-25(21-17-24(35-28-21)20-11-5-2-6-12-20)22-13-7-15-29(22)26(32)23-14-8-16-30(23)27(33)34-18-19-9-3-1-4-10-19/h1-6,9-12,22-24H,7-8,13-18H2/t22-,23-,24-/m0/s1. The molecule has 3 heterocycles. The number of ether oxygens (including phenoxy) is 1. The zero-order valence-electron chi connectivity index (χ0n) is 19.5. The maximum atomic E-state index is 13.5. The van der Waals surface area contributed by atoms with Crippen LogP contribution in [-0.4, -0.2) is 58.5 Å². The van der Waals surface area contributed by atoms with Gasteiger partial charge in [0.2, 0.25) is 11.7 Å². The zero-order chi connectivity index (χ0) is 24.2.